The monoisotopic (exact) mass is 458 g/mol. The minimum absolute atomic E-state index is 0. The number of benzene rings is 1. The molecule has 0 amide bonds. The lowest BCUT2D eigenvalue weighted by atomic mass is 10.2. The van der Waals surface area contributed by atoms with E-state index in [-0.39, 0.29) is 35.7 Å². The summed E-state index contributed by atoms with van der Waals surface area (Å²) in [4.78, 5) is 6.45. The molecule has 1 unspecified atom stereocenters. The molecule has 3 N–H and O–H groups in total. The SMILES string of the molecule is CN(C)C(CN=C(N)Nc1ccc(OC(F)(F)F)cc1)C1CC1.I. The van der Waals surface area contributed by atoms with Crippen LogP contribution in [-0.2, 0) is 0 Å². The number of anilines is 1. The molecule has 0 radical (unpaired) electrons. The predicted molar refractivity (Wildman–Crippen MR) is 98.9 cm³/mol. The van der Waals surface area contributed by atoms with E-state index in [1.807, 2.05) is 14.1 Å². The van der Waals surface area contributed by atoms with Crippen LogP contribution in [0.2, 0.25) is 0 Å². The second kappa shape index (κ2) is 8.75. The molecule has 0 aromatic heterocycles. The van der Waals surface area contributed by atoms with Crippen molar-refractivity contribution in [2.75, 3.05) is 26.0 Å². The molecule has 1 atom stereocenters. The molecule has 9 heteroatoms. The predicted octanol–water partition coefficient (Wildman–Crippen LogP) is 3.27. The Kier molecular flexibility index (Phi) is 7.58. The largest absolute Gasteiger partial charge is 0.573 e. The smallest absolute Gasteiger partial charge is 0.406 e. The summed E-state index contributed by atoms with van der Waals surface area (Å²) in [5.74, 6) is 0.627. The molecule has 1 saturated carbocycles. The molecule has 5 nitrogen and oxygen atoms in total. The Balaban J connectivity index is 0.00000288. The number of aliphatic imine (C=N–C) groups is 1. The van der Waals surface area contributed by atoms with Gasteiger partial charge in [-0.15, -0.1) is 37.1 Å². The fourth-order valence-electron chi connectivity index (χ4n) is 2.33. The lowest BCUT2D eigenvalue weighted by Gasteiger charge is -2.22. The number of alkyl halides is 3. The van der Waals surface area contributed by atoms with E-state index in [4.69, 9.17) is 5.73 Å². The van der Waals surface area contributed by atoms with Gasteiger partial charge in [-0.05, 0) is 57.1 Å². The van der Waals surface area contributed by atoms with Gasteiger partial charge in [-0.25, -0.2) is 0 Å². The summed E-state index contributed by atoms with van der Waals surface area (Å²) in [5, 5.41) is 2.86. The van der Waals surface area contributed by atoms with E-state index in [0.717, 1.165) is 0 Å². The first-order valence-electron chi connectivity index (χ1n) is 7.34. The van der Waals surface area contributed by atoms with Crippen LogP contribution in [0.25, 0.3) is 0 Å². The maximum Gasteiger partial charge on any atom is 0.573 e. The third-order valence-corrected chi connectivity index (χ3v) is 3.64. The van der Waals surface area contributed by atoms with Gasteiger partial charge in [-0.1, -0.05) is 0 Å². The summed E-state index contributed by atoms with van der Waals surface area (Å²) < 4.78 is 40.1. The molecule has 1 aliphatic rings. The highest BCUT2D eigenvalue weighted by molar-refractivity contribution is 14.0. The average molecular weight is 458 g/mol. The van der Waals surface area contributed by atoms with Crippen molar-refractivity contribution in [3.8, 4) is 5.75 Å². The standard InChI is InChI=1S/C15H21F3N4O.HI/c1-22(2)13(10-3-4-10)9-20-14(19)21-11-5-7-12(8-6-11)23-15(16,17)18;/h5-8,10,13H,3-4,9H2,1-2H3,(H3,19,20,21);1H. The molecule has 1 aromatic rings. The fourth-order valence-corrected chi connectivity index (χ4v) is 2.33. The van der Waals surface area contributed by atoms with E-state index in [9.17, 15) is 13.2 Å². The quantitative estimate of drug-likeness (QED) is 0.391. The number of rotatable bonds is 6. The van der Waals surface area contributed by atoms with Crippen LogP contribution in [0.5, 0.6) is 5.75 Å². The molecule has 0 saturated heterocycles. The third kappa shape index (κ3) is 7.12. The minimum Gasteiger partial charge on any atom is -0.406 e. The van der Waals surface area contributed by atoms with Crippen LogP contribution in [0.4, 0.5) is 18.9 Å². The molecule has 0 heterocycles. The van der Waals surface area contributed by atoms with Gasteiger partial charge >= 0.3 is 6.36 Å². The minimum atomic E-state index is -4.70. The van der Waals surface area contributed by atoms with Gasteiger partial charge in [0.05, 0.1) is 6.54 Å². The molecule has 0 aliphatic heterocycles. The van der Waals surface area contributed by atoms with Gasteiger partial charge in [0, 0.05) is 11.7 Å². The molecule has 0 spiro atoms. The summed E-state index contributed by atoms with van der Waals surface area (Å²) in [6.07, 6.45) is -2.27. The highest BCUT2D eigenvalue weighted by atomic mass is 127. The normalized spacial score (nSPS) is 16.5. The van der Waals surface area contributed by atoms with Crippen LogP contribution < -0.4 is 15.8 Å². The molecule has 136 valence electrons. The van der Waals surface area contributed by atoms with E-state index in [0.29, 0.717) is 24.2 Å². The maximum atomic E-state index is 12.1. The van der Waals surface area contributed by atoms with Crippen LogP contribution in [0.3, 0.4) is 0 Å². The van der Waals surface area contributed by atoms with Gasteiger partial charge in [0.1, 0.15) is 5.75 Å². The van der Waals surface area contributed by atoms with Crippen LogP contribution in [0.15, 0.2) is 29.3 Å². The van der Waals surface area contributed by atoms with Crippen molar-refractivity contribution in [2.24, 2.45) is 16.6 Å². The van der Waals surface area contributed by atoms with Gasteiger partial charge in [-0.2, -0.15) is 0 Å². The molecule has 1 aromatic carbocycles. The highest BCUT2D eigenvalue weighted by Crippen LogP contribution is 2.34. The summed E-state index contributed by atoms with van der Waals surface area (Å²) in [7, 11) is 4.03. The third-order valence-electron chi connectivity index (χ3n) is 3.64. The lowest BCUT2D eigenvalue weighted by Crippen LogP contribution is -2.34. The summed E-state index contributed by atoms with van der Waals surface area (Å²) in [6, 6.07) is 5.70. The number of nitrogens with two attached hydrogens (primary N) is 1. The number of ether oxygens (including phenoxy) is 1. The summed E-state index contributed by atoms with van der Waals surface area (Å²) in [5.41, 5.74) is 6.37. The summed E-state index contributed by atoms with van der Waals surface area (Å²) in [6.45, 7) is 0.589. The van der Waals surface area contributed by atoms with Gasteiger partial charge in [0.2, 0.25) is 0 Å². The van der Waals surface area contributed by atoms with Gasteiger partial charge in [0.15, 0.2) is 5.96 Å². The van der Waals surface area contributed by atoms with Crippen LogP contribution in [0, 0.1) is 5.92 Å². The van der Waals surface area contributed by atoms with E-state index in [1.54, 1.807) is 0 Å². The van der Waals surface area contributed by atoms with Crippen molar-refractivity contribution in [3.63, 3.8) is 0 Å². The van der Waals surface area contributed by atoms with Crippen LogP contribution in [0.1, 0.15) is 12.8 Å². The number of nitrogens with one attached hydrogen (secondary N) is 1. The average Bonchev–Trinajstić information content (AvgIpc) is 3.24. The van der Waals surface area contributed by atoms with Gasteiger partial charge in [0.25, 0.3) is 0 Å². The van der Waals surface area contributed by atoms with Crippen molar-refractivity contribution in [1.82, 2.24) is 4.90 Å². The second-order valence-electron chi connectivity index (χ2n) is 5.79. The number of nitrogens with zero attached hydrogens (tertiary/aromatic N) is 2. The number of hydrogen-bond donors (Lipinski definition) is 2. The van der Waals surface area contributed by atoms with Crippen molar-refractivity contribution >= 4 is 35.6 Å². The maximum absolute atomic E-state index is 12.1. The highest BCUT2D eigenvalue weighted by Gasteiger charge is 2.32. The van der Waals surface area contributed by atoms with Gasteiger partial charge < -0.3 is 20.7 Å². The molecule has 24 heavy (non-hydrogen) atoms. The topological polar surface area (TPSA) is 62.9 Å². The summed E-state index contributed by atoms with van der Waals surface area (Å²) >= 11 is 0. The Morgan fingerprint density at radius 1 is 1.33 bits per heavy atom. The zero-order valence-corrected chi connectivity index (χ0v) is 15.8. The number of guanidine groups is 1. The molecule has 0 bridgehead atoms. The Morgan fingerprint density at radius 3 is 2.38 bits per heavy atom. The Bertz CT molecular complexity index is 543. The van der Waals surface area contributed by atoms with Crippen LogP contribution >= 0.6 is 24.0 Å². The second-order valence-corrected chi connectivity index (χ2v) is 5.79. The Morgan fingerprint density at radius 2 is 1.92 bits per heavy atom. The van der Waals surface area contributed by atoms with E-state index < -0.39 is 6.36 Å². The zero-order chi connectivity index (χ0) is 17.0. The molecular formula is C15H22F3IN4O. The first kappa shape index (κ1) is 20.8. The molecule has 2 rings (SSSR count). The van der Waals surface area contributed by atoms with Crippen LogP contribution in [-0.4, -0.2) is 43.9 Å². The van der Waals surface area contributed by atoms with E-state index >= 15 is 0 Å². The lowest BCUT2D eigenvalue weighted by molar-refractivity contribution is -0.274. The molecular weight excluding hydrogens is 436 g/mol. The van der Waals surface area contributed by atoms with Crippen molar-refractivity contribution < 1.29 is 17.9 Å². The van der Waals surface area contributed by atoms with Crippen molar-refractivity contribution in [2.45, 2.75) is 25.2 Å². The molecule has 1 fully saturated rings. The van der Waals surface area contributed by atoms with Crippen molar-refractivity contribution in [3.05, 3.63) is 24.3 Å². The number of hydrogen-bond acceptors (Lipinski definition) is 3. The van der Waals surface area contributed by atoms with Crippen molar-refractivity contribution in [1.29, 1.82) is 0 Å². The van der Waals surface area contributed by atoms with E-state index in [2.05, 4.69) is 19.9 Å². The fraction of sp³-hybridized carbons (Fsp3) is 0.533. The first-order chi connectivity index (χ1) is 10.7. The zero-order valence-electron chi connectivity index (χ0n) is 13.5. The van der Waals surface area contributed by atoms with E-state index in [1.165, 1.54) is 37.1 Å². The Hall–Kier alpha value is -1.23. The number of likely N-dealkylation sites (N-methyl/N-ethyl adjacent to an activating group) is 1. The first-order valence-corrected chi connectivity index (χ1v) is 7.34. The Labute approximate surface area is 156 Å². The van der Waals surface area contributed by atoms with Gasteiger partial charge in [-0.3, -0.25) is 4.99 Å². The molecule has 1 aliphatic carbocycles. The number of halogens is 4.